The zero-order valence-corrected chi connectivity index (χ0v) is 32.4. The van der Waals surface area contributed by atoms with Crippen molar-refractivity contribution in [2.75, 3.05) is 4.90 Å². The number of rotatable bonds is 9. The molecule has 0 bridgehead atoms. The zero-order chi connectivity index (χ0) is 39.4. The molecule has 9 aromatic carbocycles. The fourth-order valence-electron chi connectivity index (χ4n) is 7.88. The van der Waals surface area contributed by atoms with Crippen LogP contribution in [0, 0.1) is 0 Å². The van der Waals surface area contributed by atoms with Gasteiger partial charge in [0.25, 0.3) is 0 Å². The molecule has 59 heavy (non-hydrogen) atoms. The highest BCUT2D eigenvalue weighted by Gasteiger charge is 2.20. The van der Waals surface area contributed by atoms with E-state index in [-0.39, 0.29) is 0 Å². The van der Waals surface area contributed by atoms with Crippen LogP contribution in [0.4, 0.5) is 17.1 Å². The summed E-state index contributed by atoms with van der Waals surface area (Å²) in [6.07, 6.45) is 0. The maximum atomic E-state index is 5.22. The number of anilines is 3. The van der Waals surface area contributed by atoms with Gasteiger partial charge in [-0.05, 0) is 105 Å². The Balaban J connectivity index is 1.20. The Labute approximate surface area is 345 Å². The van der Waals surface area contributed by atoms with Gasteiger partial charge >= 0.3 is 0 Å². The molecule has 0 aliphatic heterocycles. The van der Waals surface area contributed by atoms with Crippen LogP contribution >= 0.6 is 0 Å². The number of para-hydroxylation sites is 2. The Hall–Kier alpha value is -7.88. The van der Waals surface area contributed by atoms with Gasteiger partial charge < -0.3 is 4.90 Å². The lowest BCUT2D eigenvalue weighted by atomic mass is 9.95. The van der Waals surface area contributed by atoms with Crippen LogP contribution in [0.3, 0.4) is 0 Å². The van der Waals surface area contributed by atoms with E-state index < -0.39 is 0 Å². The van der Waals surface area contributed by atoms with E-state index in [0.29, 0.717) is 0 Å². The third-order valence-corrected chi connectivity index (χ3v) is 10.8. The van der Waals surface area contributed by atoms with E-state index in [1.54, 1.807) is 0 Å². The molecule has 10 aromatic rings. The zero-order valence-electron chi connectivity index (χ0n) is 32.4. The van der Waals surface area contributed by atoms with Crippen LogP contribution in [-0.2, 0) is 0 Å². The maximum absolute atomic E-state index is 5.22. The largest absolute Gasteiger partial charge is 0.310 e. The predicted octanol–water partition coefficient (Wildman–Crippen LogP) is 15.1. The predicted molar refractivity (Wildman–Crippen MR) is 247 cm³/mol. The van der Waals surface area contributed by atoms with Crippen molar-refractivity contribution in [2.45, 2.75) is 0 Å². The molecule has 0 amide bonds. The first-order valence-electron chi connectivity index (χ1n) is 20.0. The molecule has 0 saturated carbocycles. The molecule has 0 radical (unpaired) electrons. The Morgan fingerprint density at radius 3 is 0.847 bits per heavy atom. The Bertz CT molecular complexity index is 2760. The lowest BCUT2D eigenvalue weighted by Gasteiger charge is -2.28. The van der Waals surface area contributed by atoms with E-state index in [1.807, 2.05) is 30.3 Å². The minimum absolute atomic E-state index is 0.850. The number of aromatic nitrogens is 2. The molecule has 0 atom stereocenters. The van der Waals surface area contributed by atoms with Crippen molar-refractivity contribution >= 4 is 28.1 Å². The summed E-state index contributed by atoms with van der Waals surface area (Å²) in [5.41, 5.74) is 17.8. The summed E-state index contributed by atoms with van der Waals surface area (Å²) in [6, 6.07) is 83.7. The molecule has 0 fully saturated rings. The molecule has 3 nitrogen and oxygen atoms in total. The minimum Gasteiger partial charge on any atom is -0.310 e. The van der Waals surface area contributed by atoms with Crippen LogP contribution in [0.2, 0.25) is 0 Å². The summed E-state index contributed by atoms with van der Waals surface area (Å²) in [4.78, 5) is 12.8. The first-order chi connectivity index (χ1) is 29.2. The smallest absolute Gasteiger partial charge is 0.0973 e. The fraction of sp³-hybridized carbons (Fsp3) is 0. The standard InChI is InChI=1S/C56H39N3/c1-6-18-40(19-7-1)46-34-47(41-20-8-2-9-21-41)37-51(36-46)59(52-38-48(42-22-10-3-11-23-42)35-49(39-52)43-24-12-4-13-25-43)50-32-30-45(31-33-50)56-55(44-26-14-5-15-27-44)57-53-28-16-17-29-54(53)58-56/h1-39H. The van der Waals surface area contributed by atoms with Gasteiger partial charge in [-0.25, -0.2) is 9.97 Å². The molecule has 1 heterocycles. The topological polar surface area (TPSA) is 29.0 Å². The van der Waals surface area contributed by atoms with Crippen LogP contribution in [0.5, 0.6) is 0 Å². The van der Waals surface area contributed by atoms with Gasteiger partial charge in [0.1, 0.15) is 0 Å². The molecular formula is C56H39N3. The Kier molecular flexibility index (Phi) is 9.59. The van der Waals surface area contributed by atoms with Crippen molar-refractivity contribution in [1.29, 1.82) is 0 Å². The van der Waals surface area contributed by atoms with Gasteiger partial charge in [-0.15, -0.1) is 0 Å². The van der Waals surface area contributed by atoms with Crippen LogP contribution in [0.1, 0.15) is 0 Å². The van der Waals surface area contributed by atoms with Crippen molar-refractivity contribution in [3.63, 3.8) is 0 Å². The monoisotopic (exact) mass is 753 g/mol. The molecule has 3 heteroatoms. The molecular weight excluding hydrogens is 715 g/mol. The molecule has 10 rings (SSSR count). The van der Waals surface area contributed by atoms with Crippen molar-refractivity contribution < 1.29 is 0 Å². The van der Waals surface area contributed by atoms with Gasteiger partial charge in [0.05, 0.1) is 22.4 Å². The van der Waals surface area contributed by atoms with E-state index in [1.165, 1.54) is 0 Å². The average molecular weight is 754 g/mol. The molecule has 0 saturated heterocycles. The maximum Gasteiger partial charge on any atom is 0.0973 e. The van der Waals surface area contributed by atoms with Gasteiger partial charge in [-0.2, -0.15) is 0 Å². The third kappa shape index (κ3) is 7.41. The van der Waals surface area contributed by atoms with Crippen molar-refractivity contribution in [1.82, 2.24) is 9.97 Å². The first-order valence-corrected chi connectivity index (χ1v) is 20.0. The van der Waals surface area contributed by atoms with Gasteiger partial charge in [-0.1, -0.05) is 176 Å². The van der Waals surface area contributed by atoms with Crippen molar-refractivity contribution in [3.05, 3.63) is 237 Å². The molecule has 0 spiro atoms. The summed E-state index contributed by atoms with van der Waals surface area (Å²) < 4.78 is 0. The van der Waals surface area contributed by atoms with Gasteiger partial charge in [-0.3, -0.25) is 0 Å². The summed E-state index contributed by atoms with van der Waals surface area (Å²) in [7, 11) is 0. The third-order valence-electron chi connectivity index (χ3n) is 10.8. The van der Waals surface area contributed by atoms with Gasteiger partial charge in [0.2, 0.25) is 0 Å². The molecule has 0 unspecified atom stereocenters. The summed E-state index contributed by atoms with van der Waals surface area (Å²) in [5, 5.41) is 0. The highest BCUT2D eigenvalue weighted by molar-refractivity contribution is 5.90. The van der Waals surface area contributed by atoms with Crippen LogP contribution < -0.4 is 4.90 Å². The fourth-order valence-corrected chi connectivity index (χ4v) is 7.88. The van der Waals surface area contributed by atoms with Gasteiger partial charge in [0, 0.05) is 28.2 Å². The summed E-state index contributed by atoms with van der Waals surface area (Å²) in [6.45, 7) is 0. The second kappa shape index (κ2) is 15.9. The molecule has 0 N–H and O–H groups in total. The van der Waals surface area contributed by atoms with Crippen LogP contribution in [0.15, 0.2) is 237 Å². The normalized spacial score (nSPS) is 11.1. The number of hydrogen-bond donors (Lipinski definition) is 0. The van der Waals surface area contributed by atoms with E-state index in [2.05, 4.69) is 211 Å². The van der Waals surface area contributed by atoms with Gasteiger partial charge in [0.15, 0.2) is 0 Å². The van der Waals surface area contributed by atoms with Crippen molar-refractivity contribution in [2.24, 2.45) is 0 Å². The summed E-state index contributed by atoms with van der Waals surface area (Å²) in [5.74, 6) is 0. The second-order valence-corrected chi connectivity index (χ2v) is 14.7. The van der Waals surface area contributed by atoms with Crippen LogP contribution in [-0.4, -0.2) is 9.97 Å². The number of fused-ring (bicyclic) bond motifs is 1. The van der Waals surface area contributed by atoms with Crippen LogP contribution in [0.25, 0.3) is 78.1 Å². The molecule has 278 valence electrons. The lowest BCUT2D eigenvalue weighted by molar-refractivity contribution is 1.27. The van der Waals surface area contributed by atoms with Crippen molar-refractivity contribution in [3.8, 4) is 67.0 Å². The first kappa shape index (κ1) is 35.5. The highest BCUT2D eigenvalue weighted by Crippen LogP contribution is 2.43. The second-order valence-electron chi connectivity index (χ2n) is 14.7. The number of nitrogens with zero attached hydrogens (tertiary/aromatic N) is 3. The Morgan fingerprint density at radius 1 is 0.220 bits per heavy atom. The molecule has 0 aliphatic carbocycles. The Morgan fingerprint density at radius 2 is 0.508 bits per heavy atom. The SMILES string of the molecule is c1ccc(-c2cc(-c3ccccc3)cc(N(c3ccc(-c4nc5ccccc5nc4-c4ccccc4)cc3)c3cc(-c4ccccc4)cc(-c4ccccc4)c3)c2)cc1. The lowest BCUT2D eigenvalue weighted by Crippen LogP contribution is -2.11. The van der Waals surface area contributed by atoms with E-state index in [4.69, 9.17) is 9.97 Å². The quantitative estimate of drug-likeness (QED) is 0.147. The van der Waals surface area contributed by atoms with E-state index in [0.717, 1.165) is 95.1 Å². The summed E-state index contributed by atoms with van der Waals surface area (Å²) >= 11 is 0. The highest BCUT2D eigenvalue weighted by atomic mass is 15.1. The van der Waals surface area contributed by atoms with E-state index >= 15 is 0 Å². The minimum atomic E-state index is 0.850. The number of hydrogen-bond acceptors (Lipinski definition) is 3. The molecule has 0 aliphatic rings. The molecule has 1 aromatic heterocycles. The average Bonchev–Trinajstić information content (AvgIpc) is 3.32. The number of benzene rings is 9. The van der Waals surface area contributed by atoms with E-state index in [9.17, 15) is 0 Å².